The number of hydrogen-bond acceptors (Lipinski definition) is 7. The lowest BCUT2D eigenvalue weighted by Gasteiger charge is -2.44. The van der Waals surface area contributed by atoms with Crippen molar-refractivity contribution in [3.63, 3.8) is 0 Å². The second-order valence-corrected chi connectivity index (χ2v) is 12.7. The Morgan fingerprint density at radius 3 is 2.55 bits per heavy atom. The average Bonchev–Trinajstić information content (AvgIpc) is 3.03. The molecule has 4 heterocycles. The molecule has 0 radical (unpaired) electrons. The second-order valence-electron chi connectivity index (χ2n) is 12.7. The molecular formula is C35H37F5N6O3. The van der Waals surface area contributed by atoms with E-state index in [0.29, 0.717) is 17.7 Å². The van der Waals surface area contributed by atoms with Gasteiger partial charge in [-0.25, -0.2) is 31.7 Å². The van der Waals surface area contributed by atoms with E-state index in [2.05, 4.69) is 26.5 Å². The van der Waals surface area contributed by atoms with Gasteiger partial charge in [-0.15, -0.1) is 0 Å². The number of aryl methyl sites for hydroxylation is 1. The zero-order valence-electron chi connectivity index (χ0n) is 27.8. The highest BCUT2D eigenvalue weighted by Crippen LogP contribution is 2.38. The van der Waals surface area contributed by atoms with E-state index in [1.54, 1.807) is 35.9 Å². The molecule has 1 aliphatic heterocycles. The number of carbonyl (C=O) groups excluding carboxylic acids is 1. The Morgan fingerprint density at radius 2 is 1.86 bits per heavy atom. The quantitative estimate of drug-likeness (QED) is 0.151. The summed E-state index contributed by atoms with van der Waals surface area (Å²) >= 11 is 0. The summed E-state index contributed by atoms with van der Waals surface area (Å²) in [7, 11) is 0. The maximum Gasteiger partial charge on any atom is 0.348 e. The smallest absolute Gasteiger partial charge is 0.348 e. The fraction of sp³-hybridized carbons (Fsp3) is 0.400. The number of carbonyl (C=O) groups is 1. The minimum atomic E-state index is -3.43. The zero-order chi connectivity index (χ0) is 35.8. The molecule has 3 aromatic heterocycles. The van der Waals surface area contributed by atoms with Crippen LogP contribution in [0.1, 0.15) is 56.9 Å². The van der Waals surface area contributed by atoms with Gasteiger partial charge in [0.15, 0.2) is 12.4 Å². The van der Waals surface area contributed by atoms with Gasteiger partial charge < -0.3 is 14.5 Å². The van der Waals surface area contributed by atoms with Crippen LogP contribution in [0.15, 0.2) is 47.9 Å². The van der Waals surface area contributed by atoms with E-state index in [1.165, 1.54) is 6.08 Å². The number of nitrogens with one attached hydrogen (secondary N) is 1. The molecule has 1 fully saturated rings. The van der Waals surface area contributed by atoms with Gasteiger partial charge in [0, 0.05) is 55.6 Å². The van der Waals surface area contributed by atoms with Crippen LogP contribution in [-0.4, -0.2) is 68.4 Å². The Hall–Kier alpha value is -4.88. The van der Waals surface area contributed by atoms with Crippen molar-refractivity contribution in [1.82, 2.24) is 24.8 Å². The molecule has 1 aromatic carbocycles. The molecule has 0 spiro atoms. The van der Waals surface area contributed by atoms with Gasteiger partial charge in [-0.3, -0.25) is 14.8 Å². The maximum atomic E-state index is 15.9. The van der Waals surface area contributed by atoms with E-state index >= 15 is 17.6 Å². The second kappa shape index (κ2) is 13.9. The summed E-state index contributed by atoms with van der Waals surface area (Å²) in [5, 5.41) is 0.0759. The van der Waals surface area contributed by atoms with Crippen LogP contribution >= 0.6 is 0 Å². The molecule has 0 bridgehead atoms. The Balaban J connectivity index is 1.45. The Bertz CT molecular complexity index is 1970. The summed E-state index contributed by atoms with van der Waals surface area (Å²) in [5.74, 6) is -7.72. The van der Waals surface area contributed by atoms with E-state index in [-0.39, 0.29) is 60.3 Å². The van der Waals surface area contributed by atoms with Gasteiger partial charge in [0.25, 0.3) is 5.92 Å². The number of fused-ring (bicyclic) bond motifs is 1. The summed E-state index contributed by atoms with van der Waals surface area (Å²) in [6.45, 7) is 12.1. The SMILES string of the molecule is C=CC(=O)N1C[C@H](C)N(c2nc(=O)[nH]c3nc(-c4c(F)cc(F)cc4OCC(F)(F)CCc4ccnc(C(C)C)c4C)c(F)cc23)C[C@H]1C. The van der Waals surface area contributed by atoms with Crippen LogP contribution in [0, 0.1) is 24.4 Å². The number of anilines is 1. The summed E-state index contributed by atoms with van der Waals surface area (Å²) in [6.07, 6.45) is 2.14. The lowest BCUT2D eigenvalue weighted by atomic mass is 9.97. The maximum absolute atomic E-state index is 15.9. The first-order valence-electron chi connectivity index (χ1n) is 15.8. The molecule has 1 aliphatic rings. The number of rotatable bonds is 10. The highest BCUT2D eigenvalue weighted by atomic mass is 19.3. The number of aromatic amines is 1. The number of hydrogen-bond donors (Lipinski definition) is 1. The van der Waals surface area contributed by atoms with Gasteiger partial charge in [0.2, 0.25) is 5.91 Å². The van der Waals surface area contributed by atoms with Gasteiger partial charge in [-0.05, 0) is 62.4 Å². The van der Waals surface area contributed by atoms with E-state index in [9.17, 15) is 14.0 Å². The molecule has 1 amide bonds. The lowest BCUT2D eigenvalue weighted by Crippen LogP contribution is -2.58. The molecular weight excluding hydrogens is 647 g/mol. The largest absolute Gasteiger partial charge is 0.486 e. The fourth-order valence-electron chi connectivity index (χ4n) is 6.19. The van der Waals surface area contributed by atoms with Crippen LogP contribution in [0.2, 0.25) is 0 Å². The third kappa shape index (κ3) is 7.42. The standard InChI is InChI=1S/C35H37F5N6O3/c1-7-28(47)45-15-20(5)46(16-19(45)4)33-24-14-26(38)31(42-32(24)43-34(48)44-33)29-25(37)12-23(36)13-27(29)49-17-35(39,40)10-8-22-9-11-41-30(18(2)3)21(22)6/h7,9,11-14,18-20H,1,8,10,15-17H2,2-6H3,(H,42,43,44,48)/t19-,20+/m1/s1. The summed E-state index contributed by atoms with van der Waals surface area (Å²) in [5.41, 5.74) is -0.0858. The van der Waals surface area contributed by atoms with Crippen molar-refractivity contribution in [3.8, 4) is 17.0 Å². The van der Waals surface area contributed by atoms with Crippen molar-refractivity contribution in [2.24, 2.45) is 0 Å². The van der Waals surface area contributed by atoms with Crippen LogP contribution < -0.4 is 15.3 Å². The average molecular weight is 685 g/mol. The fourth-order valence-corrected chi connectivity index (χ4v) is 6.19. The number of aromatic nitrogens is 4. The van der Waals surface area contributed by atoms with Gasteiger partial charge in [0.1, 0.15) is 34.5 Å². The van der Waals surface area contributed by atoms with Crippen LogP contribution in [0.5, 0.6) is 5.75 Å². The number of amides is 1. The van der Waals surface area contributed by atoms with Crippen LogP contribution in [0.4, 0.5) is 27.8 Å². The van der Waals surface area contributed by atoms with Gasteiger partial charge in [0.05, 0.1) is 10.9 Å². The van der Waals surface area contributed by atoms with Crippen LogP contribution in [0.3, 0.4) is 0 Å². The topological polar surface area (TPSA) is 104 Å². The van der Waals surface area contributed by atoms with Gasteiger partial charge in [-0.1, -0.05) is 20.4 Å². The van der Waals surface area contributed by atoms with E-state index in [0.717, 1.165) is 17.3 Å². The van der Waals surface area contributed by atoms with Crippen molar-refractivity contribution in [1.29, 1.82) is 0 Å². The molecule has 0 aliphatic carbocycles. The number of ether oxygens (including phenoxy) is 1. The molecule has 1 saturated heterocycles. The van der Waals surface area contributed by atoms with Crippen molar-refractivity contribution in [2.75, 3.05) is 24.6 Å². The number of alkyl halides is 2. The molecule has 0 unspecified atom stereocenters. The minimum absolute atomic E-state index is 0.00357. The highest BCUT2D eigenvalue weighted by molar-refractivity contribution is 5.90. The third-order valence-corrected chi connectivity index (χ3v) is 8.72. The van der Waals surface area contributed by atoms with Crippen molar-refractivity contribution >= 4 is 22.8 Å². The van der Waals surface area contributed by atoms with E-state index in [4.69, 9.17) is 4.74 Å². The number of nitrogens with zero attached hydrogens (tertiary/aromatic N) is 5. The van der Waals surface area contributed by atoms with Gasteiger partial charge >= 0.3 is 5.69 Å². The molecule has 5 rings (SSSR count). The zero-order valence-corrected chi connectivity index (χ0v) is 27.8. The van der Waals surface area contributed by atoms with Crippen molar-refractivity contribution < 1.29 is 31.5 Å². The van der Waals surface area contributed by atoms with Crippen LogP contribution in [-0.2, 0) is 11.2 Å². The molecule has 49 heavy (non-hydrogen) atoms. The third-order valence-electron chi connectivity index (χ3n) is 8.72. The first-order valence-corrected chi connectivity index (χ1v) is 15.8. The number of piperazine rings is 1. The Kier molecular flexibility index (Phi) is 10.1. The van der Waals surface area contributed by atoms with Crippen molar-refractivity contribution in [2.45, 2.75) is 71.4 Å². The molecule has 0 saturated carbocycles. The van der Waals surface area contributed by atoms with Crippen LogP contribution in [0.25, 0.3) is 22.3 Å². The number of pyridine rings is 2. The molecule has 1 N–H and O–H groups in total. The summed E-state index contributed by atoms with van der Waals surface area (Å²) < 4.78 is 81.1. The number of H-pyrrole nitrogens is 1. The number of benzene rings is 1. The lowest BCUT2D eigenvalue weighted by molar-refractivity contribution is -0.128. The first-order chi connectivity index (χ1) is 23.1. The highest BCUT2D eigenvalue weighted by Gasteiger charge is 2.34. The minimum Gasteiger partial charge on any atom is -0.486 e. The summed E-state index contributed by atoms with van der Waals surface area (Å²) in [6, 6.07) is 3.12. The number of halogens is 5. The molecule has 2 atom stereocenters. The van der Waals surface area contributed by atoms with E-state index in [1.807, 2.05) is 20.8 Å². The Morgan fingerprint density at radius 1 is 1.12 bits per heavy atom. The predicted octanol–water partition coefficient (Wildman–Crippen LogP) is 6.49. The molecule has 14 heteroatoms. The normalized spacial score (nSPS) is 16.8. The Labute approximate surface area is 279 Å². The first kappa shape index (κ1) is 35.4. The summed E-state index contributed by atoms with van der Waals surface area (Å²) in [4.78, 5) is 43.3. The van der Waals surface area contributed by atoms with Crippen molar-refractivity contribution in [3.05, 3.63) is 87.9 Å². The molecule has 4 aromatic rings. The monoisotopic (exact) mass is 684 g/mol. The molecule has 9 nitrogen and oxygen atoms in total. The van der Waals surface area contributed by atoms with E-state index < -0.39 is 59.1 Å². The van der Waals surface area contributed by atoms with Gasteiger partial charge in [-0.2, -0.15) is 4.98 Å². The predicted molar refractivity (Wildman–Crippen MR) is 175 cm³/mol. The molecule has 260 valence electrons.